The highest BCUT2D eigenvalue weighted by atomic mass is 32.2. The topological polar surface area (TPSA) is 108 Å². The van der Waals surface area contributed by atoms with E-state index < -0.39 is 15.9 Å². The zero-order chi connectivity index (χ0) is 26.0. The lowest BCUT2D eigenvalue weighted by Gasteiger charge is -2.31. The van der Waals surface area contributed by atoms with Crippen molar-refractivity contribution in [1.29, 1.82) is 0 Å². The number of H-pyrrole nitrogens is 1. The summed E-state index contributed by atoms with van der Waals surface area (Å²) in [7, 11) is -3.18. The second-order valence-corrected chi connectivity index (χ2v) is 12.8. The Hall–Kier alpha value is -2.98. The van der Waals surface area contributed by atoms with Crippen molar-refractivity contribution in [2.75, 3.05) is 18.8 Å². The van der Waals surface area contributed by atoms with Crippen molar-refractivity contribution in [2.24, 2.45) is 5.73 Å². The number of nitrogens with zero attached hydrogens (tertiary/aromatic N) is 1. The first-order valence-corrected chi connectivity index (χ1v) is 15.1. The van der Waals surface area contributed by atoms with E-state index >= 15 is 0 Å². The first-order valence-electron chi connectivity index (χ1n) is 12.6. The molecule has 5 rings (SSSR count). The highest BCUT2D eigenvalue weighted by Crippen LogP contribution is 2.37. The van der Waals surface area contributed by atoms with Gasteiger partial charge in [0, 0.05) is 42.6 Å². The minimum Gasteiger partial charge on any atom is -0.366 e. The van der Waals surface area contributed by atoms with Gasteiger partial charge in [-0.15, -0.1) is 11.3 Å². The van der Waals surface area contributed by atoms with Gasteiger partial charge in [-0.3, -0.25) is 4.79 Å². The average Bonchev–Trinajstić information content (AvgIpc) is 3.58. The number of aromatic amines is 1. The molecule has 1 fully saturated rings. The minimum atomic E-state index is -3.18. The van der Waals surface area contributed by atoms with Crippen molar-refractivity contribution in [1.82, 2.24) is 14.6 Å². The maximum atomic E-state index is 12.4. The van der Waals surface area contributed by atoms with Gasteiger partial charge in [-0.05, 0) is 77.6 Å². The maximum Gasteiger partial charge on any atom is 0.250 e. The van der Waals surface area contributed by atoms with Crippen LogP contribution >= 0.6 is 11.3 Å². The molecule has 2 aromatic heterocycles. The Morgan fingerprint density at radius 2 is 1.92 bits per heavy atom. The molecule has 0 aliphatic carbocycles. The standard InChI is InChI=1S/C28H32N4O3S2/c1-2-37(34,35)32-10-8-20(9-11-32)26-18-31-27-24(26)14-22(15-25(27)28(29)33)21-6-3-5-19(13-21)16-30-17-23-7-4-12-36-23/h3-7,12-15,18,20,30-31H,2,8-11,16-17H2,1H3,(H2,29,33). The number of sulfonamides is 1. The third-order valence-corrected chi connectivity index (χ3v) is 9.97. The Balaban J connectivity index is 1.42. The molecule has 0 spiro atoms. The van der Waals surface area contributed by atoms with Crippen molar-refractivity contribution in [3.05, 3.63) is 81.7 Å². The van der Waals surface area contributed by atoms with Crippen LogP contribution in [0.4, 0.5) is 0 Å². The number of carbonyl (C=O) groups is 1. The van der Waals surface area contributed by atoms with E-state index in [-0.39, 0.29) is 11.7 Å². The van der Waals surface area contributed by atoms with E-state index in [9.17, 15) is 13.2 Å². The highest BCUT2D eigenvalue weighted by molar-refractivity contribution is 7.89. The lowest BCUT2D eigenvalue weighted by atomic mass is 9.88. The van der Waals surface area contributed by atoms with E-state index in [1.807, 2.05) is 18.3 Å². The van der Waals surface area contributed by atoms with Crippen LogP contribution in [0, 0.1) is 0 Å². The fraction of sp³-hybridized carbons (Fsp3) is 0.321. The Kier molecular flexibility index (Phi) is 7.48. The third kappa shape index (κ3) is 5.50. The number of aromatic nitrogens is 1. The van der Waals surface area contributed by atoms with Crippen molar-refractivity contribution in [3.8, 4) is 11.1 Å². The van der Waals surface area contributed by atoms with E-state index in [1.165, 1.54) is 4.88 Å². The van der Waals surface area contributed by atoms with E-state index in [1.54, 1.807) is 22.6 Å². The summed E-state index contributed by atoms with van der Waals surface area (Å²) in [5.41, 5.74) is 11.2. The number of benzene rings is 2. The van der Waals surface area contributed by atoms with Crippen molar-refractivity contribution >= 4 is 38.2 Å². The highest BCUT2D eigenvalue weighted by Gasteiger charge is 2.29. The van der Waals surface area contributed by atoms with Crippen molar-refractivity contribution < 1.29 is 13.2 Å². The molecule has 4 N–H and O–H groups in total. The summed E-state index contributed by atoms with van der Waals surface area (Å²) in [5, 5.41) is 6.55. The van der Waals surface area contributed by atoms with Gasteiger partial charge in [-0.2, -0.15) is 0 Å². The molecule has 4 aromatic rings. The zero-order valence-corrected chi connectivity index (χ0v) is 22.5. The average molecular weight is 537 g/mol. The number of amides is 1. The Morgan fingerprint density at radius 1 is 1.11 bits per heavy atom. The van der Waals surface area contributed by atoms with Gasteiger partial charge in [0.15, 0.2) is 0 Å². The van der Waals surface area contributed by atoms with Gasteiger partial charge in [0.05, 0.1) is 16.8 Å². The molecular formula is C28H32N4O3S2. The molecule has 1 aliphatic rings. The SMILES string of the molecule is CCS(=O)(=O)N1CCC(c2c[nH]c3c(C(N)=O)cc(-c4cccc(CNCc5cccs5)c4)cc23)CC1. The number of fused-ring (bicyclic) bond motifs is 1. The van der Waals surface area contributed by atoms with E-state index in [4.69, 9.17) is 5.73 Å². The fourth-order valence-electron chi connectivity index (χ4n) is 5.18. The molecule has 0 bridgehead atoms. The van der Waals surface area contributed by atoms with Gasteiger partial charge in [0.25, 0.3) is 5.91 Å². The predicted octanol–water partition coefficient (Wildman–Crippen LogP) is 4.81. The maximum absolute atomic E-state index is 12.4. The fourth-order valence-corrected chi connectivity index (χ4v) is 6.99. The lowest BCUT2D eigenvalue weighted by Crippen LogP contribution is -2.38. The molecule has 194 valence electrons. The molecule has 1 saturated heterocycles. The van der Waals surface area contributed by atoms with Gasteiger partial charge in [-0.25, -0.2) is 12.7 Å². The second kappa shape index (κ2) is 10.8. The van der Waals surface area contributed by atoms with Crippen LogP contribution in [-0.2, 0) is 23.1 Å². The largest absolute Gasteiger partial charge is 0.366 e. The van der Waals surface area contributed by atoms with Crippen LogP contribution in [0.3, 0.4) is 0 Å². The summed E-state index contributed by atoms with van der Waals surface area (Å²) in [6.45, 7) is 4.27. The Labute approximate surface area is 221 Å². The van der Waals surface area contributed by atoms with Gasteiger partial charge < -0.3 is 16.0 Å². The molecule has 1 aliphatic heterocycles. The summed E-state index contributed by atoms with van der Waals surface area (Å²) in [6.07, 6.45) is 3.45. The normalized spacial score (nSPS) is 15.4. The molecule has 0 radical (unpaired) electrons. The number of carbonyl (C=O) groups excluding carboxylic acids is 1. The molecule has 0 unspecified atom stereocenters. The summed E-state index contributed by atoms with van der Waals surface area (Å²) >= 11 is 1.74. The molecule has 0 atom stereocenters. The zero-order valence-electron chi connectivity index (χ0n) is 20.9. The van der Waals surface area contributed by atoms with Crippen molar-refractivity contribution in [2.45, 2.75) is 38.8 Å². The molecule has 37 heavy (non-hydrogen) atoms. The molecule has 9 heteroatoms. The van der Waals surface area contributed by atoms with Crippen LogP contribution in [0.2, 0.25) is 0 Å². The number of rotatable bonds is 9. The van der Waals surface area contributed by atoms with E-state index in [0.717, 1.165) is 59.1 Å². The molecule has 2 aromatic carbocycles. The lowest BCUT2D eigenvalue weighted by molar-refractivity contribution is 0.100. The summed E-state index contributed by atoms with van der Waals surface area (Å²) in [4.78, 5) is 17.0. The number of primary amides is 1. The van der Waals surface area contributed by atoms with Gasteiger partial charge in [-0.1, -0.05) is 24.3 Å². The van der Waals surface area contributed by atoms with Crippen LogP contribution in [0.25, 0.3) is 22.0 Å². The van der Waals surface area contributed by atoms with Crippen LogP contribution in [-0.4, -0.2) is 42.5 Å². The van der Waals surface area contributed by atoms with Gasteiger partial charge in [0.2, 0.25) is 10.0 Å². The number of thiophene rings is 1. The second-order valence-electron chi connectivity index (χ2n) is 9.51. The Morgan fingerprint density at radius 3 is 2.62 bits per heavy atom. The molecule has 1 amide bonds. The van der Waals surface area contributed by atoms with Crippen LogP contribution in [0.1, 0.15) is 52.0 Å². The summed E-state index contributed by atoms with van der Waals surface area (Å²) < 4.78 is 26.2. The Bertz CT molecular complexity index is 1500. The van der Waals surface area contributed by atoms with Crippen LogP contribution in [0.15, 0.2) is 60.1 Å². The van der Waals surface area contributed by atoms with Gasteiger partial charge >= 0.3 is 0 Å². The van der Waals surface area contributed by atoms with Crippen LogP contribution in [0.5, 0.6) is 0 Å². The third-order valence-electron chi connectivity index (χ3n) is 7.21. The first-order chi connectivity index (χ1) is 17.9. The van der Waals surface area contributed by atoms with Crippen LogP contribution < -0.4 is 11.1 Å². The molecule has 7 nitrogen and oxygen atoms in total. The monoisotopic (exact) mass is 536 g/mol. The number of hydrogen-bond acceptors (Lipinski definition) is 5. The number of piperidine rings is 1. The molecule has 3 heterocycles. The number of nitrogens with one attached hydrogen (secondary N) is 2. The molecular weight excluding hydrogens is 504 g/mol. The number of hydrogen-bond donors (Lipinski definition) is 3. The van der Waals surface area contributed by atoms with Gasteiger partial charge in [0.1, 0.15) is 0 Å². The summed E-state index contributed by atoms with van der Waals surface area (Å²) in [6, 6.07) is 16.5. The smallest absolute Gasteiger partial charge is 0.250 e. The quantitative estimate of drug-likeness (QED) is 0.285. The van der Waals surface area contributed by atoms with E-state index in [2.05, 4.69) is 52.1 Å². The van der Waals surface area contributed by atoms with Crippen molar-refractivity contribution in [3.63, 3.8) is 0 Å². The predicted molar refractivity (Wildman–Crippen MR) is 150 cm³/mol. The minimum absolute atomic E-state index is 0.124. The van der Waals surface area contributed by atoms with E-state index in [0.29, 0.717) is 18.7 Å². The first kappa shape index (κ1) is 25.7. The number of nitrogens with two attached hydrogens (primary N) is 1. The molecule has 0 saturated carbocycles. The summed E-state index contributed by atoms with van der Waals surface area (Å²) in [5.74, 6) is -0.141.